The van der Waals surface area contributed by atoms with Crippen molar-refractivity contribution in [1.82, 2.24) is 4.90 Å². The number of carbonyl (C=O) groups is 1. The largest absolute Gasteiger partial charge is 0.488 e. The van der Waals surface area contributed by atoms with Gasteiger partial charge in [-0.2, -0.15) is 0 Å². The molecule has 0 fully saturated rings. The molecule has 0 bridgehead atoms. The average Bonchev–Trinajstić information content (AvgIpc) is 2.57. The molecule has 1 amide bonds. The first-order chi connectivity index (χ1) is 11.4. The van der Waals surface area contributed by atoms with Crippen molar-refractivity contribution in [1.29, 1.82) is 0 Å². The van der Waals surface area contributed by atoms with Crippen LogP contribution >= 0.6 is 23.2 Å². The van der Waals surface area contributed by atoms with Gasteiger partial charge in [0, 0.05) is 18.7 Å². The van der Waals surface area contributed by atoms with Crippen molar-refractivity contribution in [2.45, 2.75) is 6.54 Å². The molecule has 0 saturated heterocycles. The fourth-order valence-electron chi connectivity index (χ4n) is 2.25. The molecule has 24 heavy (non-hydrogen) atoms. The molecule has 0 aromatic heterocycles. The fraction of sp³-hybridized carbons (Fsp3) is 0.188. The van der Waals surface area contributed by atoms with Crippen molar-refractivity contribution in [3.8, 4) is 0 Å². The van der Waals surface area contributed by atoms with E-state index < -0.39 is 7.12 Å². The minimum Gasteiger partial charge on any atom is -0.423 e. The monoisotopic (exact) mass is 367 g/mol. The quantitative estimate of drug-likeness (QED) is 0.672. The molecule has 0 aliphatic heterocycles. The number of amides is 1. The highest BCUT2D eigenvalue weighted by Gasteiger charge is 2.19. The molecule has 0 radical (unpaired) electrons. The Bertz CT molecular complexity index is 727. The van der Waals surface area contributed by atoms with Gasteiger partial charge in [-0.05, 0) is 35.3 Å². The second-order valence-electron chi connectivity index (χ2n) is 5.20. The summed E-state index contributed by atoms with van der Waals surface area (Å²) in [5, 5.41) is 28.5. The molecule has 3 N–H and O–H groups in total. The Morgan fingerprint density at radius 2 is 1.83 bits per heavy atom. The number of hydrogen-bond donors (Lipinski definition) is 3. The number of carbonyl (C=O) groups excluding carboxylic acids is 1. The number of halogens is 2. The molecule has 0 aliphatic carbocycles. The first kappa shape index (κ1) is 18.8. The van der Waals surface area contributed by atoms with E-state index >= 15 is 0 Å². The molecule has 2 aromatic carbocycles. The highest BCUT2D eigenvalue weighted by atomic mass is 35.5. The second kappa shape index (κ2) is 8.51. The SMILES string of the molecule is O=C(c1cccc(B(O)O)c1)N(CCO)Cc1ccc(Cl)c(Cl)c1. The van der Waals surface area contributed by atoms with Gasteiger partial charge >= 0.3 is 7.12 Å². The van der Waals surface area contributed by atoms with Gasteiger partial charge in [-0.3, -0.25) is 4.79 Å². The van der Waals surface area contributed by atoms with Crippen molar-refractivity contribution in [2.24, 2.45) is 0 Å². The van der Waals surface area contributed by atoms with Gasteiger partial charge in [0.15, 0.2) is 0 Å². The summed E-state index contributed by atoms with van der Waals surface area (Å²) < 4.78 is 0. The molecule has 0 atom stereocenters. The van der Waals surface area contributed by atoms with Crippen LogP contribution in [0.5, 0.6) is 0 Å². The maximum absolute atomic E-state index is 12.7. The molecule has 0 heterocycles. The third-order valence-corrected chi connectivity index (χ3v) is 4.19. The van der Waals surface area contributed by atoms with E-state index in [1.54, 1.807) is 30.3 Å². The minimum atomic E-state index is -1.65. The Labute approximate surface area is 150 Å². The summed E-state index contributed by atoms with van der Waals surface area (Å²) in [6.45, 7) is 0.169. The Morgan fingerprint density at radius 1 is 1.08 bits per heavy atom. The summed E-state index contributed by atoms with van der Waals surface area (Å²) in [7, 11) is -1.65. The number of nitrogens with zero attached hydrogens (tertiary/aromatic N) is 1. The van der Waals surface area contributed by atoms with Gasteiger partial charge in [0.2, 0.25) is 0 Å². The Balaban J connectivity index is 2.24. The van der Waals surface area contributed by atoms with E-state index in [1.807, 2.05) is 0 Å². The number of rotatable bonds is 6. The number of benzene rings is 2. The second-order valence-corrected chi connectivity index (χ2v) is 6.01. The molecular weight excluding hydrogens is 352 g/mol. The summed E-state index contributed by atoms with van der Waals surface area (Å²) in [5.41, 5.74) is 1.29. The summed E-state index contributed by atoms with van der Waals surface area (Å²) in [5.74, 6) is -0.336. The van der Waals surface area contributed by atoms with Gasteiger partial charge in [0.05, 0.1) is 16.7 Å². The van der Waals surface area contributed by atoms with Gasteiger partial charge in [-0.15, -0.1) is 0 Å². The van der Waals surface area contributed by atoms with Gasteiger partial charge in [-0.1, -0.05) is 41.4 Å². The maximum Gasteiger partial charge on any atom is 0.488 e. The number of aliphatic hydroxyl groups is 1. The Hall–Kier alpha value is -1.57. The zero-order valence-electron chi connectivity index (χ0n) is 12.7. The summed E-state index contributed by atoms with van der Waals surface area (Å²) in [6.07, 6.45) is 0. The molecule has 0 aliphatic rings. The van der Waals surface area contributed by atoms with Crippen LogP contribution in [-0.4, -0.2) is 46.2 Å². The van der Waals surface area contributed by atoms with Crippen LogP contribution in [0.4, 0.5) is 0 Å². The Kier molecular flexibility index (Phi) is 6.65. The van der Waals surface area contributed by atoms with Crippen molar-refractivity contribution >= 4 is 41.7 Å². The van der Waals surface area contributed by atoms with E-state index in [4.69, 9.17) is 23.2 Å². The molecule has 126 valence electrons. The van der Waals surface area contributed by atoms with Crippen LogP contribution in [0.15, 0.2) is 42.5 Å². The molecule has 0 saturated carbocycles. The topological polar surface area (TPSA) is 81.0 Å². The zero-order chi connectivity index (χ0) is 17.7. The van der Waals surface area contributed by atoms with Crippen LogP contribution in [0.2, 0.25) is 10.0 Å². The lowest BCUT2D eigenvalue weighted by Gasteiger charge is -2.22. The summed E-state index contributed by atoms with van der Waals surface area (Å²) in [6, 6.07) is 11.1. The van der Waals surface area contributed by atoms with Gasteiger partial charge in [0.1, 0.15) is 0 Å². The van der Waals surface area contributed by atoms with Crippen LogP contribution in [0.1, 0.15) is 15.9 Å². The maximum atomic E-state index is 12.7. The minimum absolute atomic E-state index is 0.130. The first-order valence-corrected chi connectivity index (χ1v) is 7.98. The molecule has 2 aromatic rings. The highest BCUT2D eigenvalue weighted by Crippen LogP contribution is 2.23. The van der Waals surface area contributed by atoms with E-state index in [2.05, 4.69) is 0 Å². The third kappa shape index (κ3) is 4.72. The van der Waals surface area contributed by atoms with Gasteiger partial charge < -0.3 is 20.1 Å². The number of hydrogen-bond acceptors (Lipinski definition) is 4. The molecular formula is C16H16BCl2NO4. The molecule has 0 spiro atoms. The van der Waals surface area contributed by atoms with Crippen LogP contribution < -0.4 is 5.46 Å². The van der Waals surface area contributed by atoms with Crippen molar-refractivity contribution in [3.63, 3.8) is 0 Å². The van der Waals surface area contributed by atoms with Crippen LogP contribution in [0, 0.1) is 0 Å². The fourth-order valence-corrected chi connectivity index (χ4v) is 2.57. The number of aliphatic hydroxyl groups excluding tert-OH is 1. The van der Waals surface area contributed by atoms with E-state index in [9.17, 15) is 19.9 Å². The van der Waals surface area contributed by atoms with E-state index in [0.29, 0.717) is 15.6 Å². The van der Waals surface area contributed by atoms with Crippen molar-refractivity contribution in [2.75, 3.05) is 13.2 Å². The predicted molar refractivity (Wildman–Crippen MR) is 94.6 cm³/mol. The first-order valence-electron chi connectivity index (χ1n) is 7.22. The predicted octanol–water partition coefficient (Wildman–Crippen LogP) is 1.31. The van der Waals surface area contributed by atoms with Gasteiger partial charge in [0.25, 0.3) is 5.91 Å². The van der Waals surface area contributed by atoms with Crippen LogP contribution in [-0.2, 0) is 6.54 Å². The van der Waals surface area contributed by atoms with E-state index in [0.717, 1.165) is 5.56 Å². The lowest BCUT2D eigenvalue weighted by Crippen LogP contribution is -2.35. The summed E-state index contributed by atoms with van der Waals surface area (Å²) >= 11 is 11.9. The smallest absolute Gasteiger partial charge is 0.423 e. The van der Waals surface area contributed by atoms with Crippen molar-refractivity contribution in [3.05, 3.63) is 63.6 Å². The normalized spacial score (nSPS) is 10.5. The highest BCUT2D eigenvalue weighted by molar-refractivity contribution is 6.58. The standard InChI is InChI=1S/C16H16BCl2NO4/c18-14-5-4-11(8-15(14)19)10-20(6-7-21)16(22)12-2-1-3-13(9-12)17(23)24/h1-5,8-9,21,23-24H,6-7,10H2. The Morgan fingerprint density at radius 3 is 2.46 bits per heavy atom. The zero-order valence-corrected chi connectivity index (χ0v) is 14.2. The van der Waals surface area contributed by atoms with Crippen molar-refractivity contribution < 1.29 is 19.9 Å². The van der Waals surface area contributed by atoms with Crippen LogP contribution in [0.25, 0.3) is 0 Å². The van der Waals surface area contributed by atoms with E-state index in [1.165, 1.54) is 17.0 Å². The van der Waals surface area contributed by atoms with Crippen LogP contribution in [0.3, 0.4) is 0 Å². The summed E-state index contributed by atoms with van der Waals surface area (Å²) in [4.78, 5) is 14.1. The van der Waals surface area contributed by atoms with E-state index in [-0.39, 0.29) is 31.1 Å². The molecule has 2 rings (SSSR count). The third-order valence-electron chi connectivity index (χ3n) is 3.45. The lowest BCUT2D eigenvalue weighted by atomic mass is 9.79. The average molecular weight is 368 g/mol. The lowest BCUT2D eigenvalue weighted by molar-refractivity contribution is 0.0708. The molecule has 5 nitrogen and oxygen atoms in total. The molecule has 0 unspecified atom stereocenters. The molecule has 8 heteroatoms. The van der Waals surface area contributed by atoms with Gasteiger partial charge in [-0.25, -0.2) is 0 Å².